The molecule has 0 saturated heterocycles. The van der Waals surface area contributed by atoms with Crippen LogP contribution in [0.5, 0.6) is 0 Å². The molecule has 5 heteroatoms. The molecule has 0 bridgehead atoms. The van der Waals surface area contributed by atoms with Crippen molar-refractivity contribution in [2.45, 2.75) is 38.6 Å². The van der Waals surface area contributed by atoms with E-state index in [4.69, 9.17) is 5.41 Å². The van der Waals surface area contributed by atoms with E-state index in [0.717, 1.165) is 30.0 Å². The highest BCUT2D eigenvalue weighted by Gasteiger charge is 2.40. The van der Waals surface area contributed by atoms with Gasteiger partial charge in [-0.15, -0.1) is 0 Å². The highest BCUT2D eigenvalue weighted by molar-refractivity contribution is 6.54. The first-order valence-electron chi connectivity index (χ1n) is 7.12. The molecule has 106 valence electrons. The van der Waals surface area contributed by atoms with Crippen LogP contribution in [0.2, 0.25) is 0 Å². The summed E-state index contributed by atoms with van der Waals surface area (Å²) in [6.45, 7) is 1.94. The van der Waals surface area contributed by atoms with Gasteiger partial charge in [0.05, 0.1) is 11.3 Å². The van der Waals surface area contributed by atoms with Gasteiger partial charge >= 0.3 is 0 Å². The number of nitrogens with zero attached hydrogens (tertiary/aromatic N) is 3. The van der Waals surface area contributed by atoms with Gasteiger partial charge in [0.2, 0.25) is 0 Å². The van der Waals surface area contributed by atoms with Crippen molar-refractivity contribution in [3.05, 3.63) is 17.3 Å². The number of hydrogen-bond donors (Lipinski definition) is 1. The van der Waals surface area contributed by atoms with Crippen LogP contribution in [0.15, 0.2) is 6.07 Å². The van der Waals surface area contributed by atoms with Crippen LogP contribution < -0.4 is 9.80 Å². The second-order valence-electron chi connectivity index (χ2n) is 5.86. The van der Waals surface area contributed by atoms with Gasteiger partial charge in [0.25, 0.3) is 5.91 Å². The number of rotatable bonds is 2. The molecule has 3 rings (SSSR count). The van der Waals surface area contributed by atoms with E-state index in [-0.39, 0.29) is 17.7 Å². The Balaban J connectivity index is 2.16. The monoisotopic (exact) mass is 272 g/mol. The lowest BCUT2D eigenvalue weighted by molar-refractivity contribution is -0.112. The lowest BCUT2D eigenvalue weighted by Crippen LogP contribution is -2.37. The van der Waals surface area contributed by atoms with E-state index in [1.54, 1.807) is 0 Å². The molecule has 0 radical (unpaired) electrons. The van der Waals surface area contributed by atoms with Crippen molar-refractivity contribution in [3.8, 4) is 0 Å². The number of anilines is 2. The van der Waals surface area contributed by atoms with E-state index in [0.29, 0.717) is 5.56 Å². The van der Waals surface area contributed by atoms with Gasteiger partial charge in [0.1, 0.15) is 11.5 Å². The predicted molar refractivity (Wildman–Crippen MR) is 79.9 cm³/mol. The van der Waals surface area contributed by atoms with Gasteiger partial charge in [-0.3, -0.25) is 10.2 Å². The Morgan fingerprint density at radius 1 is 1.35 bits per heavy atom. The second-order valence-corrected chi connectivity index (χ2v) is 5.86. The lowest BCUT2D eigenvalue weighted by atomic mass is 10.1. The summed E-state index contributed by atoms with van der Waals surface area (Å²) in [4.78, 5) is 20.7. The minimum absolute atomic E-state index is 0.0862. The average molecular weight is 272 g/mol. The summed E-state index contributed by atoms with van der Waals surface area (Å²) in [6.07, 6.45) is 4.41. The van der Waals surface area contributed by atoms with Crippen molar-refractivity contribution in [2.24, 2.45) is 0 Å². The number of fused-ring (bicyclic) bond motifs is 1. The van der Waals surface area contributed by atoms with Crippen LogP contribution >= 0.6 is 0 Å². The third-order valence-corrected chi connectivity index (χ3v) is 4.16. The highest BCUT2D eigenvalue weighted by Crippen LogP contribution is 2.39. The number of carbonyl (C=O) groups is 1. The van der Waals surface area contributed by atoms with E-state index >= 15 is 0 Å². The molecule has 1 aromatic heterocycles. The van der Waals surface area contributed by atoms with Gasteiger partial charge < -0.3 is 9.80 Å². The van der Waals surface area contributed by atoms with Crippen molar-refractivity contribution in [3.63, 3.8) is 0 Å². The summed E-state index contributed by atoms with van der Waals surface area (Å²) in [7, 11) is 3.80. The van der Waals surface area contributed by atoms with E-state index in [1.165, 1.54) is 12.8 Å². The minimum atomic E-state index is -0.164. The molecule has 2 heterocycles. The predicted octanol–water partition coefficient (Wildman–Crippen LogP) is 2.11. The quantitative estimate of drug-likeness (QED) is 0.897. The SMILES string of the molecule is Cc1cc2c(c(N(C)C)n1)C(=N)C(=O)N2C1CCCC1. The fraction of sp³-hybridized carbons (Fsp3) is 0.533. The van der Waals surface area contributed by atoms with Gasteiger partial charge in [0, 0.05) is 25.8 Å². The molecule has 1 aromatic rings. The van der Waals surface area contributed by atoms with Gasteiger partial charge in [-0.05, 0) is 25.8 Å². The zero-order valence-corrected chi connectivity index (χ0v) is 12.2. The van der Waals surface area contributed by atoms with E-state index in [1.807, 2.05) is 36.9 Å². The van der Waals surface area contributed by atoms with Gasteiger partial charge in [-0.1, -0.05) is 12.8 Å². The number of amides is 1. The Labute approximate surface area is 119 Å². The minimum Gasteiger partial charge on any atom is -0.362 e. The zero-order chi connectivity index (χ0) is 14.4. The molecule has 5 nitrogen and oxygen atoms in total. The Hall–Kier alpha value is -1.91. The summed E-state index contributed by atoms with van der Waals surface area (Å²) in [5, 5.41) is 8.18. The number of carbonyl (C=O) groups excluding carboxylic acids is 1. The largest absolute Gasteiger partial charge is 0.362 e. The Morgan fingerprint density at radius 2 is 2.00 bits per heavy atom. The molecule has 0 aromatic carbocycles. The van der Waals surface area contributed by atoms with Crippen LogP contribution in [0.1, 0.15) is 36.9 Å². The van der Waals surface area contributed by atoms with E-state index in [9.17, 15) is 4.79 Å². The molecule has 0 atom stereocenters. The normalized spacial score (nSPS) is 18.9. The average Bonchev–Trinajstić information content (AvgIpc) is 2.97. The summed E-state index contributed by atoms with van der Waals surface area (Å²) < 4.78 is 0. The summed E-state index contributed by atoms with van der Waals surface area (Å²) in [5.41, 5.74) is 2.54. The van der Waals surface area contributed by atoms with Crippen LogP contribution in [0.25, 0.3) is 0 Å². The Bertz CT molecular complexity index is 588. The van der Waals surface area contributed by atoms with Gasteiger partial charge in [-0.25, -0.2) is 4.98 Å². The molecule has 1 saturated carbocycles. The van der Waals surface area contributed by atoms with Crippen molar-refractivity contribution in [1.29, 1.82) is 5.41 Å². The fourth-order valence-corrected chi connectivity index (χ4v) is 3.26. The van der Waals surface area contributed by atoms with E-state index < -0.39 is 0 Å². The van der Waals surface area contributed by atoms with Crippen LogP contribution in [-0.2, 0) is 4.79 Å². The van der Waals surface area contributed by atoms with Crippen LogP contribution in [-0.4, -0.2) is 36.7 Å². The maximum absolute atomic E-state index is 12.5. The Morgan fingerprint density at radius 3 is 2.60 bits per heavy atom. The third-order valence-electron chi connectivity index (χ3n) is 4.16. The molecule has 1 aliphatic heterocycles. The topological polar surface area (TPSA) is 60.3 Å². The van der Waals surface area contributed by atoms with Crippen molar-refractivity contribution in [1.82, 2.24) is 4.98 Å². The third kappa shape index (κ3) is 1.80. The first kappa shape index (κ1) is 13.1. The molecular formula is C15H20N4O. The second kappa shape index (κ2) is 4.58. The van der Waals surface area contributed by atoms with Crippen LogP contribution in [0.4, 0.5) is 11.5 Å². The molecule has 2 aliphatic rings. The zero-order valence-electron chi connectivity index (χ0n) is 12.2. The molecular weight excluding hydrogens is 252 g/mol. The maximum atomic E-state index is 12.5. The van der Waals surface area contributed by atoms with Gasteiger partial charge in [-0.2, -0.15) is 0 Å². The number of hydrogen-bond acceptors (Lipinski definition) is 4. The number of nitrogens with one attached hydrogen (secondary N) is 1. The number of aromatic nitrogens is 1. The van der Waals surface area contributed by atoms with Crippen LogP contribution in [0.3, 0.4) is 0 Å². The standard InChI is InChI=1S/C15H20N4O/c1-9-8-11-12(14(17-9)18(2)3)13(16)15(20)19(11)10-6-4-5-7-10/h8,10,16H,4-7H2,1-3H3. The summed E-state index contributed by atoms with van der Waals surface area (Å²) in [6, 6.07) is 2.20. The summed E-state index contributed by atoms with van der Waals surface area (Å²) >= 11 is 0. The molecule has 20 heavy (non-hydrogen) atoms. The maximum Gasteiger partial charge on any atom is 0.277 e. The number of aryl methyl sites for hydroxylation is 1. The molecule has 1 fully saturated rings. The fourth-order valence-electron chi connectivity index (χ4n) is 3.26. The summed E-state index contributed by atoms with van der Waals surface area (Å²) in [5.74, 6) is 0.557. The van der Waals surface area contributed by atoms with Crippen LogP contribution in [0, 0.1) is 12.3 Å². The number of pyridine rings is 1. The molecule has 1 N–H and O–H groups in total. The Kier molecular flexibility index (Phi) is 3.00. The van der Waals surface area contributed by atoms with Crippen molar-refractivity contribution < 1.29 is 4.79 Å². The molecule has 0 spiro atoms. The molecule has 1 aliphatic carbocycles. The smallest absolute Gasteiger partial charge is 0.277 e. The first-order chi connectivity index (χ1) is 9.50. The first-order valence-corrected chi connectivity index (χ1v) is 7.12. The van der Waals surface area contributed by atoms with Crippen molar-refractivity contribution >= 4 is 23.1 Å². The van der Waals surface area contributed by atoms with E-state index in [2.05, 4.69) is 4.98 Å². The lowest BCUT2D eigenvalue weighted by Gasteiger charge is -2.25. The van der Waals surface area contributed by atoms with Crippen molar-refractivity contribution in [2.75, 3.05) is 23.9 Å². The highest BCUT2D eigenvalue weighted by atomic mass is 16.2. The molecule has 1 amide bonds. The molecule has 0 unspecified atom stereocenters. The van der Waals surface area contributed by atoms with Gasteiger partial charge in [0.15, 0.2) is 0 Å².